The van der Waals surface area contributed by atoms with Crippen molar-refractivity contribution in [2.45, 2.75) is 26.3 Å². The van der Waals surface area contributed by atoms with Crippen molar-refractivity contribution in [3.8, 4) is 5.75 Å². The molecule has 6 nitrogen and oxygen atoms in total. The van der Waals surface area contributed by atoms with Gasteiger partial charge in [-0.15, -0.1) is 24.0 Å². The topological polar surface area (TPSA) is 58.1 Å². The van der Waals surface area contributed by atoms with Gasteiger partial charge in [-0.3, -0.25) is 9.89 Å². The Morgan fingerprint density at radius 3 is 2.58 bits per heavy atom. The molecular formula is C19H33IN4O2. The van der Waals surface area contributed by atoms with Crippen LogP contribution in [0.2, 0.25) is 0 Å². The van der Waals surface area contributed by atoms with Gasteiger partial charge in [-0.25, -0.2) is 0 Å². The molecule has 0 atom stereocenters. The van der Waals surface area contributed by atoms with Crippen LogP contribution in [-0.4, -0.2) is 69.4 Å². The molecule has 1 aliphatic rings. The van der Waals surface area contributed by atoms with Crippen LogP contribution in [0.3, 0.4) is 0 Å². The van der Waals surface area contributed by atoms with E-state index in [2.05, 4.69) is 47.4 Å². The SMILES string of the molecule is CN=C(NCCOc1ccccc1C)NCC(C)(C)N1CCOCC1.I. The molecule has 7 heteroatoms. The van der Waals surface area contributed by atoms with E-state index < -0.39 is 0 Å². The van der Waals surface area contributed by atoms with Crippen molar-refractivity contribution in [2.24, 2.45) is 4.99 Å². The molecule has 148 valence electrons. The first kappa shape index (κ1) is 23.0. The Morgan fingerprint density at radius 2 is 1.92 bits per heavy atom. The van der Waals surface area contributed by atoms with E-state index in [-0.39, 0.29) is 29.5 Å². The van der Waals surface area contributed by atoms with Gasteiger partial charge in [0.05, 0.1) is 19.8 Å². The van der Waals surface area contributed by atoms with Crippen molar-refractivity contribution in [1.82, 2.24) is 15.5 Å². The molecule has 2 rings (SSSR count). The fraction of sp³-hybridized carbons (Fsp3) is 0.632. The second-order valence-corrected chi connectivity index (χ2v) is 6.88. The molecule has 2 N–H and O–H groups in total. The number of benzene rings is 1. The van der Waals surface area contributed by atoms with E-state index in [1.807, 2.05) is 18.2 Å². The number of morpholine rings is 1. The molecule has 0 aliphatic carbocycles. The van der Waals surface area contributed by atoms with Crippen molar-refractivity contribution in [3.05, 3.63) is 29.8 Å². The molecule has 0 aromatic heterocycles. The minimum Gasteiger partial charge on any atom is -0.491 e. The summed E-state index contributed by atoms with van der Waals surface area (Å²) in [7, 11) is 1.79. The Bertz CT molecular complexity index is 560. The van der Waals surface area contributed by atoms with Crippen LogP contribution < -0.4 is 15.4 Å². The highest BCUT2D eigenvalue weighted by Gasteiger charge is 2.28. The summed E-state index contributed by atoms with van der Waals surface area (Å²) in [6.07, 6.45) is 0. The number of ether oxygens (including phenoxy) is 2. The summed E-state index contributed by atoms with van der Waals surface area (Å²) in [5, 5.41) is 6.72. The molecule has 26 heavy (non-hydrogen) atoms. The first-order valence-electron chi connectivity index (χ1n) is 8.99. The van der Waals surface area contributed by atoms with Gasteiger partial charge in [-0.1, -0.05) is 18.2 Å². The van der Waals surface area contributed by atoms with Gasteiger partial charge >= 0.3 is 0 Å². The van der Waals surface area contributed by atoms with Gasteiger partial charge in [-0.05, 0) is 32.4 Å². The van der Waals surface area contributed by atoms with Crippen LogP contribution in [0.25, 0.3) is 0 Å². The third-order valence-electron chi connectivity index (χ3n) is 4.52. The lowest BCUT2D eigenvalue weighted by molar-refractivity contribution is -0.00834. The lowest BCUT2D eigenvalue weighted by atomic mass is 10.0. The Balaban J connectivity index is 0.00000338. The average Bonchev–Trinajstić information content (AvgIpc) is 2.63. The molecule has 0 bridgehead atoms. The van der Waals surface area contributed by atoms with Gasteiger partial charge in [0.1, 0.15) is 12.4 Å². The minimum absolute atomic E-state index is 0. The molecule has 0 radical (unpaired) electrons. The predicted octanol–water partition coefficient (Wildman–Crippen LogP) is 2.27. The summed E-state index contributed by atoms with van der Waals surface area (Å²) in [6.45, 7) is 12.3. The summed E-state index contributed by atoms with van der Waals surface area (Å²) < 4.78 is 11.2. The monoisotopic (exact) mass is 476 g/mol. The molecule has 1 aromatic carbocycles. The predicted molar refractivity (Wildman–Crippen MR) is 118 cm³/mol. The van der Waals surface area contributed by atoms with Crippen LogP contribution >= 0.6 is 24.0 Å². The normalized spacial score (nSPS) is 15.9. The number of hydrogen-bond acceptors (Lipinski definition) is 4. The van der Waals surface area contributed by atoms with Crippen LogP contribution in [0.5, 0.6) is 5.75 Å². The third-order valence-corrected chi connectivity index (χ3v) is 4.52. The Kier molecular flexibility index (Phi) is 10.3. The number of nitrogens with zero attached hydrogens (tertiary/aromatic N) is 2. The molecule has 0 saturated carbocycles. The number of aryl methyl sites for hydroxylation is 1. The zero-order chi connectivity index (χ0) is 18.1. The van der Waals surface area contributed by atoms with Crippen molar-refractivity contribution >= 4 is 29.9 Å². The summed E-state index contributed by atoms with van der Waals surface area (Å²) in [5.74, 6) is 1.73. The van der Waals surface area contributed by atoms with Crippen LogP contribution in [-0.2, 0) is 4.74 Å². The molecular weight excluding hydrogens is 443 g/mol. The van der Waals surface area contributed by atoms with Crippen molar-refractivity contribution < 1.29 is 9.47 Å². The lowest BCUT2D eigenvalue weighted by Crippen LogP contribution is -2.56. The standard InChI is InChI=1S/C19H32N4O2.HI/c1-16-7-5-6-8-17(16)25-12-9-21-18(20-4)22-15-19(2,3)23-10-13-24-14-11-23;/h5-8H,9-15H2,1-4H3,(H2,20,21,22);1H. The van der Waals surface area contributed by atoms with Gasteiger partial charge < -0.3 is 20.1 Å². The molecule has 0 spiro atoms. The van der Waals surface area contributed by atoms with E-state index in [0.717, 1.165) is 50.1 Å². The number of nitrogens with one attached hydrogen (secondary N) is 2. The van der Waals surface area contributed by atoms with Crippen molar-refractivity contribution in [2.75, 3.05) is 53.0 Å². The van der Waals surface area contributed by atoms with Gasteiger partial charge in [0.15, 0.2) is 5.96 Å². The van der Waals surface area contributed by atoms with Gasteiger partial charge in [0.25, 0.3) is 0 Å². The zero-order valence-corrected chi connectivity index (χ0v) is 18.7. The average molecular weight is 476 g/mol. The quantitative estimate of drug-likeness (QED) is 0.274. The van der Waals surface area contributed by atoms with E-state index >= 15 is 0 Å². The molecule has 1 aromatic rings. The highest BCUT2D eigenvalue weighted by Crippen LogP contribution is 2.16. The smallest absolute Gasteiger partial charge is 0.191 e. The Morgan fingerprint density at radius 1 is 1.23 bits per heavy atom. The fourth-order valence-electron chi connectivity index (χ4n) is 2.85. The van der Waals surface area contributed by atoms with Crippen LogP contribution in [0.1, 0.15) is 19.4 Å². The zero-order valence-electron chi connectivity index (χ0n) is 16.4. The van der Waals surface area contributed by atoms with E-state index in [0.29, 0.717) is 13.2 Å². The molecule has 1 saturated heterocycles. The fourth-order valence-corrected chi connectivity index (χ4v) is 2.85. The molecule has 1 heterocycles. The van der Waals surface area contributed by atoms with Gasteiger partial charge in [0, 0.05) is 32.2 Å². The first-order valence-corrected chi connectivity index (χ1v) is 8.99. The summed E-state index contributed by atoms with van der Waals surface area (Å²) >= 11 is 0. The molecule has 1 aliphatic heterocycles. The lowest BCUT2D eigenvalue weighted by Gasteiger charge is -2.41. The molecule has 0 unspecified atom stereocenters. The highest BCUT2D eigenvalue weighted by molar-refractivity contribution is 14.0. The van der Waals surface area contributed by atoms with Crippen LogP contribution in [0.4, 0.5) is 0 Å². The maximum atomic E-state index is 5.80. The van der Waals surface area contributed by atoms with Gasteiger partial charge in [-0.2, -0.15) is 0 Å². The largest absolute Gasteiger partial charge is 0.491 e. The van der Waals surface area contributed by atoms with E-state index in [1.165, 1.54) is 0 Å². The van der Waals surface area contributed by atoms with Crippen LogP contribution in [0, 0.1) is 6.92 Å². The number of para-hydroxylation sites is 1. The maximum Gasteiger partial charge on any atom is 0.191 e. The maximum absolute atomic E-state index is 5.80. The second kappa shape index (κ2) is 11.6. The second-order valence-electron chi connectivity index (χ2n) is 6.88. The number of hydrogen-bond donors (Lipinski definition) is 2. The van der Waals surface area contributed by atoms with Gasteiger partial charge in [0.2, 0.25) is 0 Å². The van der Waals surface area contributed by atoms with Crippen molar-refractivity contribution in [3.63, 3.8) is 0 Å². The number of aliphatic imine (C=N–C) groups is 1. The highest BCUT2D eigenvalue weighted by atomic mass is 127. The van der Waals surface area contributed by atoms with E-state index in [4.69, 9.17) is 9.47 Å². The first-order chi connectivity index (χ1) is 12.0. The summed E-state index contributed by atoms with van der Waals surface area (Å²) in [4.78, 5) is 6.75. The van der Waals surface area contributed by atoms with E-state index in [9.17, 15) is 0 Å². The summed E-state index contributed by atoms with van der Waals surface area (Å²) in [6, 6.07) is 8.05. The Labute approximate surface area is 174 Å². The van der Waals surface area contributed by atoms with Crippen LogP contribution in [0.15, 0.2) is 29.3 Å². The van der Waals surface area contributed by atoms with E-state index in [1.54, 1.807) is 7.05 Å². The number of halogens is 1. The molecule has 1 fully saturated rings. The minimum atomic E-state index is 0. The Hall–Kier alpha value is -1.06. The van der Waals surface area contributed by atoms with Crippen molar-refractivity contribution in [1.29, 1.82) is 0 Å². The third kappa shape index (κ3) is 7.28. The number of guanidine groups is 1. The summed E-state index contributed by atoms with van der Waals surface area (Å²) in [5.41, 5.74) is 1.20. The number of rotatable bonds is 7. The molecule has 0 amide bonds.